The number of ether oxygens (including phenoxy) is 1. The average Bonchev–Trinajstić information content (AvgIpc) is 3.63. The Morgan fingerprint density at radius 2 is 1.97 bits per heavy atom. The van der Waals surface area contributed by atoms with E-state index in [0.717, 1.165) is 0 Å². The van der Waals surface area contributed by atoms with Crippen LogP contribution in [0.25, 0.3) is 22.0 Å². The van der Waals surface area contributed by atoms with E-state index >= 15 is 0 Å². The maximum absolute atomic E-state index is 13.8. The Morgan fingerprint density at radius 3 is 2.69 bits per heavy atom. The molecule has 2 aromatic carbocycles. The molecule has 0 aliphatic carbocycles. The van der Waals surface area contributed by atoms with Crippen LogP contribution < -0.4 is 9.64 Å². The number of methoxy groups -OCH3 is 1. The van der Waals surface area contributed by atoms with Crippen molar-refractivity contribution in [3.8, 4) is 5.75 Å². The SMILES string of the molecule is COc1cc(Cl)cc2cc(C(=O)C3=C(O)C(=O)N(c4nc5ccccc5[nH]4)C3c3ccc(C)o3)oc12. The molecular weight excluding hydrogens is 486 g/mol. The van der Waals surface area contributed by atoms with Crippen molar-refractivity contribution in [1.29, 1.82) is 0 Å². The monoisotopic (exact) mass is 503 g/mol. The molecule has 0 saturated carbocycles. The number of aliphatic hydroxyl groups excluding tert-OH is 1. The number of anilines is 1. The predicted molar refractivity (Wildman–Crippen MR) is 132 cm³/mol. The van der Waals surface area contributed by atoms with E-state index in [1.807, 2.05) is 18.2 Å². The van der Waals surface area contributed by atoms with Gasteiger partial charge in [-0.05, 0) is 43.3 Å². The molecule has 1 aliphatic rings. The Labute approximate surface area is 208 Å². The fourth-order valence-corrected chi connectivity index (χ4v) is 4.68. The Morgan fingerprint density at radius 1 is 1.17 bits per heavy atom. The smallest absolute Gasteiger partial charge is 0.296 e. The quantitative estimate of drug-likeness (QED) is 0.297. The molecule has 1 amide bonds. The first kappa shape index (κ1) is 22.0. The highest BCUT2D eigenvalue weighted by Crippen LogP contribution is 2.43. The highest BCUT2D eigenvalue weighted by molar-refractivity contribution is 6.31. The molecule has 10 heteroatoms. The lowest BCUT2D eigenvalue weighted by atomic mass is 9.99. The second kappa shape index (κ2) is 8.03. The summed E-state index contributed by atoms with van der Waals surface area (Å²) < 4.78 is 17.0. The fraction of sp³-hybridized carbons (Fsp3) is 0.115. The van der Waals surface area contributed by atoms with Crippen molar-refractivity contribution in [2.75, 3.05) is 12.0 Å². The highest BCUT2D eigenvalue weighted by atomic mass is 35.5. The number of benzene rings is 2. The van der Waals surface area contributed by atoms with Crippen LogP contribution in [0.2, 0.25) is 5.02 Å². The van der Waals surface area contributed by atoms with Gasteiger partial charge in [-0.2, -0.15) is 0 Å². The zero-order valence-electron chi connectivity index (χ0n) is 19.0. The minimum atomic E-state index is -1.09. The summed E-state index contributed by atoms with van der Waals surface area (Å²) in [5.74, 6) is -0.938. The number of imidazole rings is 1. The van der Waals surface area contributed by atoms with Crippen LogP contribution in [0.5, 0.6) is 5.75 Å². The fourth-order valence-electron chi connectivity index (χ4n) is 4.46. The Balaban J connectivity index is 1.50. The lowest BCUT2D eigenvalue weighted by Crippen LogP contribution is -2.31. The molecule has 36 heavy (non-hydrogen) atoms. The number of nitrogens with one attached hydrogen (secondary N) is 1. The number of H-pyrrole nitrogens is 1. The number of halogens is 1. The number of nitrogens with zero attached hydrogens (tertiary/aromatic N) is 2. The second-order valence-electron chi connectivity index (χ2n) is 8.33. The molecule has 4 heterocycles. The summed E-state index contributed by atoms with van der Waals surface area (Å²) in [6.07, 6.45) is 0. The molecule has 0 fully saturated rings. The number of ketones is 1. The maximum atomic E-state index is 13.8. The molecule has 0 bridgehead atoms. The number of amides is 1. The van der Waals surface area contributed by atoms with Gasteiger partial charge >= 0.3 is 0 Å². The molecule has 3 aromatic heterocycles. The van der Waals surface area contributed by atoms with E-state index in [4.69, 9.17) is 25.2 Å². The number of carbonyl (C=O) groups excluding carboxylic acids is 2. The van der Waals surface area contributed by atoms with Gasteiger partial charge < -0.3 is 23.7 Å². The summed E-state index contributed by atoms with van der Waals surface area (Å²) in [6, 6.07) is 14.2. The van der Waals surface area contributed by atoms with Crippen molar-refractivity contribution in [1.82, 2.24) is 9.97 Å². The van der Waals surface area contributed by atoms with Crippen LogP contribution >= 0.6 is 11.6 Å². The molecule has 180 valence electrons. The van der Waals surface area contributed by atoms with Gasteiger partial charge in [0, 0.05) is 16.5 Å². The summed E-state index contributed by atoms with van der Waals surface area (Å²) in [7, 11) is 1.46. The van der Waals surface area contributed by atoms with Gasteiger partial charge in [-0.15, -0.1) is 0 Å². The molecule has 5 aromatic rings. The average molecular weight is 504 g/mol. The van der Waals surface area contributed by atoms with E-state index < -0.39 is 23.5 Å². The highest BCUT2D eigenvalue weighted by Gasteiger charge is 2.48. The van der Waals surface area contributed by atoms with E-state index in [9.17, 15) is 14.7 Å². The Hall–Kier alpha value is -4.50. The number of rotatable bonds is 5. The maximum Gasteiger partial charge on any atom is 0.296 e. The third-order valence-corrected chi connectivity index (χ3v) is 6.30. The number of Topliss-reactive ketones (excluding diaryl/α,β-unsaturated/α-hetero) is 1. The first-order chi connectivity index (χ1) is 17.4. The summed E-state index contributed by atoms with van der Waals surface area (Å²) in [5.41, 5.74) is 1.43. The van der Waals surface area contributed by atoms with Crippen LogP contribution in [0.3, 0.4) is 0 Å². The van der Waals surface area contributed by atoms with Crippen molar-refractivity contribution in [3.63, 3.8) is 0 Å². The van der Waals surface area contributed by atoms with Crippen molar-refractivity contribution in [3.05, 3.63) is 88.2 Å². The number of furan rings is 2. The molecule has 0 saturated heterocycles. The van der Waals surface area contributed by atoms with Crippen molar-refractivity contribution in [2.45, 2.75) is 13.0 Å². The number of aryl methyl sites for hydroxylation is 1. The minimum Gasteiger partial charge on any atom is -0.503 e. The van der Waals surface area contributed by atoms with Crippen molar-refractivity contribution < 1.29 is 28.3 Å². The number of aromatic nitrogens is 2. The standard InChI is InChI=1S/C26H18ClN3O6/c1-12-7-8-17(35-12)21-20(22(31)18-10-13-9-14(27)11-19(34-2)24(13)36-18)23(32)25(33)30(21)26-28-15-5-3-4-6-16(15)29-26/h3-11,21,32H,1-2H3,(H,28,29). The third kappa shape index (κ3) is 3.28. The van der Waals surface area contributed by atoms with Crippen LogP contribution in [0.15, 0.2) is 74.8 Å². The number of para-hydroxylation sites is 2. The number of aromatic amines is 1. The molecule has 2 N–H and O–H groups in total. The largest absolute Gasteiger partial charge is 0.503 e. The molecule has 9 nitrogen and oxygen atoms in total. The lowest BCUT2D eigenvalue weighted by Gasteiger charge is -2.22. The Kier molecular flexibility index (Phi) is 4.90. The van der Waals surface area contributed by atoms with E-state index in [0.29, 0.717) is 38.5 Å². The van der Waals surface area contributed by atoms with Gasteiger partial charge in [-0.1, -0.05) is 23.7 Å². The number of carbonyl (C=O) groups is 2. The molecule has 1 aliphatic heterocycles. The van der Waals surface area contributed by atoms with E-state index in [1.54, 1.807) is 37.3 Å². The van der Waals surface area contributed by atoms with E-state index in [-0.39, 0.29) is 23.0 Å². The van der Waals surface area contributed by atoms with Gasteiger partial charge in [-0.25, -0.2) is 4.98 Å². The van der Waals surface area contributed by atoms with E-state index in [1.165, 1.54) is 18.1 Å². The third-order valence-electron chi connectivity index (χ3n) is 6.08. The first-order valence-corrected chi connectivity index (χ1v) is 11.3. The van der Waals surface area contributed by atoms with Gasteiger partial charge in [0.05, 0.1) is 23.7 Å². The summed E-state index contributed by atoms with van der Waals surface area (Å²) in [6.45, 7) is 1.74. The second-order valence-corrected chi connectivity index (χ2v) is 8.77. The number of fused-ring (bicyclic) bond motifs is 2. The molecule has 1 atom stereocenters. The van der Waals surface area contributed by atoms with Crippen LogP contribution in [0.1, 0.15) is 28.1 Å². The molecule has 6 rings (SSSR count). The van der Waals surface area contributed by atoms with Gasteiger partial charge in [0.25, 0.3) is 5.91 Å². The predicted octanol–water partition coefficient (Wildman–Crippen LogP) is 5.66. The normalized spacial score (nSPS) is 16.0. The molecule has 0 spiro atoms. The van der Waals surface area contributed by atoms with Gasteiger partial charge in [-0.3, -0.25) is 14.5 Å². The van der Waals surface area contributed by atoms with E-state index in [2.05, 4.69) is 9.97 Å². The van der Waals surface area contributed by atoms with Gasteiger partial charge in [0.1, 0.15) is 17.6 Å². The van der Waals surface area contributed by atoms with Crippen LogP contribution in [-0.4, -0.2) is 33.9 Å². The minimum absolute atomic E-state index is 0.0975. The molecule has 1 unspecified atom stereocenters. The molecular formula is C26H18ClN3O6. The number of hydrogen-bond acceptors (Lipinski definition) is 7. The van der Waals surface area contributed by atoms with Crippen LogP contribution in [0, 0.1) is 6.92 Å². The van der Waals surface area contributed by atoms with Gasteiger partial charge in [0.2, 0.25) is 11.7 Å². The number of hydrogen-bond donors (Lipinski definition) is 2. The number of aliphatic hydroxyl groups is 1. The van der Waals surface area contributed by atoms with Crippen LogP contribution in [-0.2, 0) is 4.79 Å². The van der Waals surface area contributed by atoms with Crippen molar-refractivity contribution >= 4 is 51.2 Å². The van der Waals surface area contributed by atoms with Crippen molar-refractivity contribution in [2.24, 2.45) is 0 Å². The lowest BCUT2D eigenvalue weighted by molar-refractivity contribution is -0.117. The Bertz CT molecular complexity index is 1690. The van der Waals surface area contributed by atoms with Gasteiger partial charge in [0.15, 0.2) is 22.9 Å². The molecule has 0 radical (unpaired) electrons. The van der Waals surface area contributed by atoms with Crippen LogP contribution in [0.4, 0.5) is 5.95 Å². The zero-order chi connectivity index (χ0) is 25.1. The zero-order valence-corrected chi connectivity index (χ0v) is 19.8. The summed E-state index contributed by atoms with van der Waals surface area (Å²) in [5, 5.41) is 11.9. The summed E-state index contributed by atoms with van der Waals surface area (Å²) >= 11 is 6.16. The first-order valence-electron chi connectivity index (χ1n) is 10.9. The summed E-state index contributed by atoms with van der Waals surface area (Å²) in [4.78, 5) is 35.9. The topological polar surface area (TPSA) is 122 Å².